The molecule has 6 heteroatoms. The monoisotopic (exact) mass is 351 g/mol. The van der Waals surface area contributed by atoms with Crippen molar-refractivity contribution in [1.29, 1.82) is 0 Å². The van der Waals surface area contributed by atoms with Gasteiger partial charge in [-0.05, 0) is 23.8 Å². The number of carbonyl (C=O) groups excluding carboxylic acids is 2. The predicted molar refractivity (Wildman–Crippen MR) is 74.7 cm³/mol. The van der Waals surface area contributed by atoms with Gasteiger partial charge in [0.2, 0.25) is 0 Å². The van der Waals surface area contributed by atoms with E-state index >= 15 is 0 Å². The van der Waals surface area contributed by atoms with Crippen molar-refractivity contribution in [2.75, 3.05) is 0 Å². The van der Waals surface area contributed by atoms with Gasteiger partial charge in [0, 0.05) is 4.47 Å². The Morgan fingerprint density at radius 3 is 2.00 bits per heavy atom. The van der Waals surface area contributed by atoms with E-state index in [0.717, 1.165) is 27.1 Å². The van der Waals surface area contributed by atoms with Crippen molar-refractivity contribution in [3.63, 3.8) is 0 Å². The van der Waals surface area contributed by atoms with Crippen molar-refractivity contribution >= 4 is 27.7 Å². The third kappa shape index (κ3) is 2.25. The SMILES string of the molecule is O=C1c2cc(F)c(F)cc2C(=O)N1Cc1ccccc1Br. The maximum absolute atomic E-state index is 13.2. The first kappa shape index (κ1) is 13.9. The maximum Gasteiger partial charge on any atom is 0.261 e. The van der Waals surface area contributed by atoms with Crippen LogP contribution >= 0.6 is 15.9 Å². The molecule has 2 amide bonds. The van der Waals surface area contributed by atoms with Gasteiger partial charge in [-0.2, -0.15) is 0 Å². The number of fused-ring (bicyclic) bond motifs is 1. The van der Waals surface area contributed by atoms with E-state index in [1.54, 1.807) is 24.3 Å². The lowest BCUT2D eigenvalue weighted by Gasteiger charge is -2.14. The lowest BCUT2D eigenvalue weighted by Crippen LogP contribution is -2.29. The Hall–Kier alpha value is -2.08. The second-order valence-corrected chi connectivity index (χ2v) is 5.45. The fourth-order valence-corrected chi connectivity index (χ4v) is 2.63. The number of benzene rings is 2. The van der Waals surface area contributed by atoms with Crippen LogP contribution in [0.2, 0.25) is 0 Å². The molecule has 0 fully saturated rings. The van der Waals surface area contributed by atoms with Crippen molar-refractivity contribution in [3.8, 4) is 0 Å². The fraction of sp³-hybridized carbons (Fsp3) is 0.0667. The van der Waals surface area contributed by atoms with E-state index in [-0.39, 0.29) is 17.7 Å². The molecular formula is C15H8BrF2NO2. The molecule has 0 aromatic heterocycles. The molecule has 106 valence electrons. The Labute approximate surface area is 127 Å². The van der Waals surface area contributed by atoms with Gasteiger partial charge in [-0.1, -0.05) is 34.1 Å². The first-order valence-electron chi connectivity index (χ1n) is 6.07. The number of carbonyl (C=O) groups is 2. The van der Waals surface area contributed by atoms with Gasteiger partial charge in [-0.25, -0.2) is 8.78 Å². The van der Waals surface area contributed by atoms with Crippen LogP contribution in [0.5, 0.6) is 0 Å². The molecule has 0 saturated carbocycles. The summed E-state index contributed by atoms with van der Waals surface area (Å²) in [5, 5.41) is 0. The van der Waals surface area contributed by atoms with Crippen molar-refractivity contribution in [1.82, 2.24) is 4.90 Å². The second-order valence-electron chi connectivity index (χ2n) is 4.60. The summed E-state index contributed by atoms with van der Waals surface area (Å²) in [6, 6.07) is 8.66. The minimum atomic E-state index is -1.14. The molecule has 1 aliphatic heterocycles. The summed E-state index contributed by atoms with van der Waals surface area (Å²) in [4.78, 5) is 25.3. The van der Waals surface area contributed by atoms with E-state index in [1.165, 1.54) is 0 Å². The Morgan fingerprint density at radius 1 is 0.952 bits per heavy atom. The van der Waals surface area contributed by atoms with Gasteiger partial charge >= 0.3 is 0 Å². The van der Waals surface area contributed by atoms with Crippen LogP contribution in [0.4, 0.5) is 8.78 Å². The minimum Gasteiger partial charge on any atom is -0.270 e. The summed E-state index contributed by atoms with van der Waals surface area (Å²) < 4.78 is 27.2. The van der Waals surface area contributed by atoms with E-state index in [0.29, 0.717) is 0 Å². The summed E-state index contributed by atoms with van der Waals surface area (Å²) in [6.07, 6.45) is 0. The molecule has 0 aliphatic carbocycles. The highest BCUT2D eigenvalue weighted by Crippen LogP contribution is 2.28. The van der Waals surface area contributed by atoms with E-state index in [9.17, 15) is 18.4 Å². The molecule has 2 aromatic rings. The number of hydrogen-bond donors (Lipinski definition) is 0. The van der Waals surface area contributed by atoms with Gasteiger partial charge in [0.05, 0.1) is 17.7 Å². The molecule has 3 rings (SSSR count). The lowest BCUT2D eigenvalue weighted by atomic mass is 10.1. The Kier molecular flexibility index (Phi) is 3.33. The highest BCUT2D eigenvalue weighted by molar-refractivity contribution is 9.10. The summed E-state index contributed by atoms with van der Waals surface area (Å²) in [5.74, 6) is -3.52. The minimum absolute atomic E-state index is 0.0387. The molecule has 0 N–H and O–H groups in total. The Bertz CT molecular complexity index is 735. The summed E-state index contributed by atoms with van der Waals surface area (Å²) in [7, 11) is 0. The van der Waals surface area contributed by atoms with Crippen LogP contribution in [0.1, 0.15) is 26.3 Å². The van der Waals surface area contributed by atoms with Gasteiger partial charge in [0.25, 0.3) is 11.8 Å². The summed E-state index contributed by atoms with van der Waals surface area (Å²) in [6.45, 7) is 0.0387. The first-order chi connectivity index (χ1) is 9.99. The molecule has 0 atom stereocenters. The van der Waals surface area contributed by atoms with E-state index in [2.05, 4.69) is 15.9 Å². The quantitative estimate of drug-likeness (QED) is 0.776. The number of amides is 2. The lowest BCUT2D eigenvalue weighted by molar-refractivity contribution is 0.0642. The van der Waals surface area contributed by atoms with Gasteiger partial charge in [0.1, 0.15) is 0 Å². The van der Waals surface area contributed by atoms with Crippen molar-refractivity contribution < 1.29 is 18.4 Å². The molecule has 0 spiro atoms. The first-order valence-corrected chi connectivity index (χ1v) is 6.87. The Balaban J connectivity index is 1.99. The second kappa shape index (κ2) is 5.04. The largest absolute Gasteiger partial charge is 0.270 e. The fourth-order valence-electron chi connectivity index (χ4n) is 2.22. The van der Waals surface area contributed by atoms with E-state index in [1.807, 2.05) is 0 Å². The van der Waals surface area contributed by atoms with Gasteiger partial charge in [-0.15, -0.1) is 0 Å². The molecule has 3 nitrogen and oxygen atoms in total. The molecular weight excluding hydrogens is 344 g/mol. The highest BCUT2D eigenvalue weighted by Gasteiger charge is 2.36. The average molecular weight is 352 g/mol. The molecule has 0 radical (unpaired) electrons. The smallest absolute Gasteiger partial charge is 0.261 e. The van der Waals surface area contributed by atoms with Crippen LogP contribution < -0.4 is 0 Å². The third-order valence-corrected chi connectivity index (χ3v) is 4.07. The average Bonchev–Trinajstić information content (AvgIpc) is 2.67. The van der Waals surface area contributed by atoms with Gasteiger partial charge in [0.15, 0.2) is 11.6 Å². The molecule has 0 bridgehead atoms. The normalized spacial score (nSPS) is 13.8. The molecule has 0 saturated heterocycles. The zero-order valence-electron chi connectivity index (χ0n) is 10.6. The predicted octanol–water partition coefficient (Wildman–Crippen LogP) is 3.52. The molecule has 1 aliphatic rings. The third-order valence-electron chi connectivity index (χ3n) is 3.30. The van der Waals surface area contributed by atoms with Crippen molar-refractivity contribution in [2.45, 2.75) is 6.54 Å². The van der Waals surface area contributed by atoms with Crippen LogP contribution in [0.15, 0.2) is 40.9 Å². The van der Waals surface area contributed by atoms with Crippen LogP contribution in [0.25, 0.3) is 0 Å². The maximum atomic E-state index is 13.2. The highest BCUT2D eigenvalue weighted by atomic mass is 79.9. The number of nitrogens with zero attached hydrogens (tertiary/aromatic N) is 1. The molecule has 21 heavy (non-hydrogen) atoms. The van der Waals surface area contributed by atoms with Crippen LogP contribution in [0.3, 0.4) is 0 Å². The standard InChI is InChI=1S/C15H8BrF2NO2/c16-11-4-2-1-3-8(11)7-19-14(20)9-5-12(17)13(18)6-10(9)15(19)21/h1-6H,7H2. The van der Waals surface area contributed by atoms with Crippen LogP contribution in [-0.2, 0) is 6.54 Å². The van der Waals surface area contributed by atoms with E-state index in [4.69, 9.17) is 0 Å². The van der Waals surface area contributed by atoms with Gasteiger partial charge in [-0.3, -0.25) is 14.5 Å². The summed E-state index contributed by atoms with van der Waals surface area (Å²) >= 11 is 3.33. The van der Waals surface area contributed by atoms with Crippen molar-refractivity contribution in [3.05, 3.63) is 69.2 Å². The van der Waals surface area contributed by atoms with Crippen LogP contribution in [0, 0.1) is 11.6 Å². The number of rotatable bonds is 2. The zero-order valence-corrected chi connectivity index (χ0v) is 12.2. The zero-order chi connectivity index (χ0) is 15.1. The van der Waals surface area contributed by atoms with E-state index < -0.39 is 23.4 Å². The number of halogens is 3. The van der Waals surface area contributed by atoms with Crippen molar-refractivity contribution in [2.24, 2.45) is 0 Å². The Morgan fingerprint density at radius 2 is 1.48 bits per heavy atom. The topological polar surface area (TPSA) is 37.4 Å². The molecule has 1 heterocycles. The molecule has 2 aromatic carbocycles. The van der Waals surface area contributed by atoms with Crippen LogP contribution in [-0.4, -0.2) is 16.7 Å². The molecule has 0 unspecified atom stereocenters. The number of imide groups is 1. The summed E-state index contributed by atoms with van der Waals surface area (Å²) in [5.41, 5.74) is 0.518. The van der Waals surface area contributed by atoms with Gasteiger partial charge < -0.3 is 0 Å². The number of hydrogen-bond acceptors (Lipinski definition) is 2.